The number of carbonyl (C=O) groups excluding carboxylic acids is 1. The molecule has 10 nitrogen and oxygen atoms in total. The van der Waals surface area contributed by atoms with Crippen LogP contribution in [-0.4, -0.2) is 41.8 Å². The molecule has 11 heteroatoms. The molecule has 2 N–H and O–H groups in total. The molecule has 0 saturated heterocycles. The average Bonchev–Trinajstić information content (AvgIpc) is 3.01. The fourth-order valence-electron chi connectivity index (χ4n) is 4.50. The van der Waals surface area contributed by atoms with Gasteiger partial charge in [-0.25, -0.2) is 4.79 Å². The van der Waals surface area contributed by atoms with E-state index in [1.165, 1.54) is 25.9 Å². The van der Waals surface area contributed by atoms with Crippen LogP contribution in [0.1, 0.15) is 16.2 Å². The van der Waals surface area contributed by atoms with Gasteiger partial charge in [-0.3, -0.25) is 19.3 Å². The molecule has 5 rings (SSSR count). The van der Waals surface area contributed by atoms with Crippen molar-refractivity contribution in [2.24, 2.45) is 0 Å². The summed E-state index contributed by atoms with van der Waals surface area (Å²) in [4.78, 5) is 35.8. The summed E-state index contributed by atoms with van der Waals surface area (Å²) in [5.41, 5.74) is 7.87. The number of nitrogens with zero attached hydrogens (tertiary/aromatic N) is 3. The molecule has 5 aromatic rings. The monoisotopic (exact) mass is 572 g/mol. The Hall–Kier alpha value is -5.09. The molecule has 0 aliphatic carbocycles. The molecular weight excluding hydrogens is 548 g/mol. The zero-order valence-electron chi connectivity index (χ0n) is 22.4. The summed E-state index contributed by atoms with van der Waals surface area (Å²) in [6.45, 7) is 0.143. The fraction of sp³-hybridized carbons (Fsp3) is 0.133. The van der Waals surface area contributed by atoms with Crippen molar-refractivity contribution in [3.05, 3.63) is 100.0 Å². The van der Waals surface area contributed by atoms with Gasteiger partial charge in [0.05, 0.1) is 38.6 Å². The van der Waals surface area contributed by atoms with Crippen LogP contribution in [0.5, 0.6) is 17.2 Å². The van der Waals surface area contributed by atoms with Gasteiger partial charge in [-0.1, -0.05) is 11.6 Å². The van der Waals surface area contributed by atoms with Crippen LogP contribution in [0, 0.1) is 0 Å². The Morgan fingerprint density at radius 2 is 1.66 bits per heavy atom. The second-order valence-corrected chi connectivity index (χ2v) is 9.21. The lowest BCUT2D eigenvalue weighted by Crippen LogP contribution is -2.27. The predicted molar refractivity (Wildman–Crippen MR) is 155 cm³/mol. The minimum Gasteiger partial charge on any atom is -0.495 e. The molecule has 41 heavy (non-hydrogen) atoms. The molecule has 0 aliphatic rings. The summed E-state index contributed by atoms with van der Waals surface area (Å²) >= 11 is 6.45. The summed E-state index contributed by atoms with van der Waals surface area (Å²) in [6.07, 6.45) is 4.73. The summed E-state index contributed by atoms with van der Waals surface area (Å²) in [5, 5.41) is 1.02. The van der Waals surface area contributed by atoms with Crippen molar-refractivity contribution in [2.75, 3.05) is 27.1 Å². The van der Waals surface area contributed by atoms with Crippen LogP contribution in [0.4, 0.5) is 5.69 Å². The molecule has 0 fully saturated rings. The van der Waals surface area contributed by atoms with Gasteiger partial charge in [0, 0.05) is 29.3 Å². The highest BCUT2D eigenvalue weighted by molar-refractivity contribution is 6.33. The van der Waals surface area contributed by atoms with E-state index in [1.807, 2.05) is 0 Å². The molecular formula is C30H25ClN4O6. The van der Waals surface area contributed by atoms with E-state index in [1.54, 1.807) is 73.2 Å². The Morgan fingerprint density at radius 1 is 0.951 bits per heavy atom. The normalized spacial score (nSPS) is 10.8. The molecule has 3 aromatic carbocycles. The van der Waals surface area contributed by atoms with Gasteiger partial charge in [0.2, 0.25) is 0 Å². The standard InChI is InChI=1S/C30H25ClN4O6/c1-38-24-12-17(13-25(39-2)27(24)31)26-22-9-8-21(41-16-19-15-33-10-11-34-19)14-23(22)29(36)35(28(26)30(37)40-3)20-6-4-18(32)5-7-20/h4-15H,16,32H2,1-3H3. The Morgan fingerprint density at radius 3 is 2.27 bits per heavy atom. The van der Waals surface area contributed by atoms with Crippen molar-refractivity contribution in [1.29, 1.82) is 0 Å². The van der Waals surface area contributed by atoms with E-state index in [0.717, 1.165) is 0 Å². The van der Waals surface area contributed by atoms with Crippen LogP contribution >= 0.6 is 11.6 Å². The van der Waals surface area contributed by atoms with Crippen LogP contribution in [0.15, 0.2) is 78.0 Å². The number of carbonyl (C=O) groups is 1. The second kappa shape index (κ2) is 11.6. The molecule has 0 amide bonds. The van der Waals surface area contributed by atoms with Gasteiger partial charge >= 0.3 is 5.97 Å². The minimum atomic E-state index is -0.730. The SMILES string of the molecule is COC(=O)c1c(-c2cc(OC)c(Cl)c(OC)c2)c2ccc(OCc3cnccn3)cc2c(=O)n1-c1ccc(N)cc1. The molecule has 0 atom stereocenters. The predicted octanol–water partition coefficient (Wildman–Crippen LogP) is 5.07. The molecule has 0 unspecified atom stereocenters. The number of esters is 1. The maximum Gasteiger partial charge on any atom is 0.355 e. The van der Waals surface area contributed by atoms with Gasteiger partial charge in [-0.05, 0) is 65.5 Å². The highest BCUT2D eigenvalue weighted by Crippen LogP contribution is 2.42. The zero-order chi connectivity index (χ0) is 29.1. The van der Waals surface area contributed by atoms with Gasteiger partial charge in [0.1, 0.15) is 34.6 Å². The third kappa shape index (κ3) is 5.24. The number of hydrogen-bond donors (Lipinski definition) is 1. The van der Waals surface area contributed by atoms with E-state index in [4.69, 9.17) is 36.3 Å². The minimum absolute atomic E-state index is 0.00516. The van der Waals surface area contributed by atoms with Crippen LogP contribution < -0.4 is 25.5 Å². The van der Waals surface area contributed by atoms with Crippen molar-refractivity contribution >= 4 is 34.0 Å². The summed E-state index contributed by atoms with van der Waals surface area (Å²) < 4.78 is 23.4. The van der Waals surface area contributed by atoms with E-state index in [2.05, 4.69) is 9.97 Å². The second-order valence-electron chi connectivity index (χ2n) is 8.83. The summed E-state index contributed by atoms with van der Waals surface area (Å²) in [7, 11) is 4.19. The average molecular weight is 573 g/mol. The molecule has 0 saturated carbocycles. The molecule has 0 radical (unpaired) electrons. The molecule has 208 valence electrons. The Labute approximate surface area is 239 Å². The number of nitrogen functional groups attached to an aromatic ring is 1. The van der Waals surface area contributed by atoms with Crippen LogP contribution in [0.25, 0.3) is 27.6 Å². The number of benzene rings is 3. The van der Waals surface area contributed by atoms with Gasteiger partial charge in [-0.15, -0.1) is 0 Å². The largest absolute Gasteiger partial charge is 0.495 e. The molecule has 0 bridgehead atoms. The van der Waals surface area contributed by atoms with Gasteiger partial charge in [-0.2, -0.15) is 0 Å². The molecule has 2 heterocycles. The van der Waals surface area contributed by atoms with Gasteiger partial charge in [0.25, 0.3) is 5.56 Å². The van der Waals surface area contributed by atoms with E-state index in [9.17, 15) is 9.59 Å². The number of ether oxygens (including phenoxy) is 4. The topological polar surface area (TPSA) is 128 Å². The summed E-state index contributed by atoms with van der Waals surface area (Å²) in [6, 6.07) is 15.0. The molecule has 0 aliphatic heterocycles. The van der Waals surface area contributed by atoms with Gasteiger partial charge in [0.15, 0.2) is 0 Å². The first-order chi connectivity index (χ1) is 19.9. The first-order valence-electron chi connectivity index (χ1n) is 12.3. The number of methoxy groups -OCH3 is 3. The quantitative estimate of drug-likeness (QED) is 0.200. The van der Waals surface area contributed by atoms with E-state index in [0.29, 0.717) is 50.8 Å². The fourth-order valence-corrected chi connectivity index (χ4v) is 4.76. The van der Waals surface area contributed by atoms with Crippen LogP contribution in [0.2, 0.25) is 5.02 Å². The van der Waals surface area contributed by atoms with Crippen molar-refractivity contribution in [1.82, 2.24) is 14.5 Å². The van der Waals surface area contributed by atoms with E-state index >= 15 is 0 Å². The Bertz CT molecular complexity index is 1780. The third-order valence-electron chi connectivity index (χ3n) is 6.42. The summed E-state index contributed by atoms with van der Waals surface area (Å²) in [5.74, 6) is 0.331. The van der Waals surface area contributed by atoms with E-state index < -0.39 is 11.5 Å². The van der Waals surface area contributed by atoms with E-state index in [-0.39, 0.29) is 22.7 Å². The number of rotatable bonds is 8. The molecule has 0 spiro atoms. The zero-order valence-corrected chi connectivity index (χ0v) is 23.1. The van der Waals surface area contributed by atoms with Crippen molar-refractivity contribution < 1.29 is 23.7 Å². The Balaban J connectivity index is 1.84. The number of pyridine rings is 1. The number of halogens is 1. The van der Waals surface area contributed by atoms with Crippen molar-refractivity contribution in [2.45, 2.75) is 6.61 Å². The first-order valence-corrected chi connectivity index (χ1v) is 12.7. The highest BCUT2D eigenvalue weighted by atomic mass is 35.5. The lowest BCUT2D eigenvalue weighted by Gasteiger charge is -2.20. The van der Waals surface area contributed by atoms with Gasteiger partial charge < -0.3 is 24.7 Å². The lowest BCUT2D eigenvalue weighted by molar-refractivity contribution is 0.0591. The lowest BCUT2D eigenvalue weighted by atomic mass is 9.95. The maximum absolute atomic E-state index is 14.1. The number of hydrogen-bond acceptors (Lipinski definition) is 9. The Kier molecular flexibility index (Phi) is 7.75. The third-order valence-corrected chi connectivity index (χ3v) is 6.79. The number of anilines is 1. The molecule has 2 aromatic heterocycles. The van der Waals surface area contributed by atoms with Crippen LogP contribution in [0.3, 0.4) is 0 Å². The number of fused-ring (bicyclic) bond motifs is 1. The van der Waals surface area contributed by atoms with Crippen LogP contribution in [-0.2, 0) is 11.3 Å². The maximum atomic E-state index is 14.1. The number of aromatic nitrogens is 3. The smallest absolute Gasteiger partial charge is 0.355 e. The van der Waals surface area contributed by atoms with Crippen molar-refractivity contribution in [3.8, 4) is 34.1 Å². The first kappa shape index (κ1) is 27.5. The number of nitrogens with two attached hydrogens (primary N) is 1. The highest BCUT2D eigenvalue weighted by Gasteiger charge is 2.27. The van der Waals surface area contributed by atoms with Crippen molar-refractivity contribution in [3.63, 3.8) is 0 Å².